The van der Waals surface area contributed by atoms with Crippen molar-refractivity contribution >= 4 is 11.5 Å². The molecule has 1 aromatic rings. The first-order valence-corrected chi connectivity index (χ1v) is 7.19. The van der Waals surface area contributed by atoms with Crippen molar-refractivity contribution in [2.24, 2.45) is 0 Å². The Hall–Kier alpha value is -3.09. The third kappa shape index (κ3) is 4.47. The number of ketones is 1. The van der Waals surface area contributed by atoms with Crippen molar-refractivity contribution in [2.45, 2.75) is 25.6 Å². The maximum Gasteiger partial charge on any atom is 0.573 e. The molecule has 0 saturated carbocycles. The number of ether oxygens (including phenoxy) is 1. The molecular weight excluding hydrogens is 343 g/mol. The van der Waals surface area contributed by atoms with Gasteiger partial charge in [0.15, 0.2) is 0 Å². The predicted octanol–water partition coefficient (Wildman–Crippen LogP) is 3.23. The summed E-state index contributed by atoms with van der Waals surface area (Å²) in [5.74, 6) is -1.83. The van der Waals surface area contributed by atoms with Crippen LogP contribution in [0.15, 0.2) is 29.5 Å². The minimum Gasteiger partial charge on any atom is -0.398 e. The van der Waals surface area contributed by atoms with Crippen LogP contribution in [0.2, 0.25) is 0 Å². The van der Waals surface area contributed by atoms with Gasteiger partial charge in [-0.15, -0.1) is 13.2 Å². The van der Waals surface area contributed by atoms with Crippen LogP contribution >= 0.6 is 0 Å². The highest BCUT2D eigenvalue weighted by atomic mass is 19.4. The summed E-state index contributed by atoms with van der Waals surface area (Å²) in [5.41, 5.74) is -1.06. The van der Waals surface area contributed by atoms with Crippen LogP contribution in [0.4, 0.5) is 18.9 Å². The van der Waals surface area contributed by atoms with Gasteiger partial charge >= 0.3 is 12.0 Å². The number of nitriles is 1. The number of halogens is 3. The van der Waals surface area contributed by atoms with Gasteiger partial charge in [-0.25, -0.2) is 0 Å². The molecule has 1 aliphatic heterocycles. The highest BCUT2D eigenvalue weighted by Gasteiger charge is 2.35. The molecule has 1 aromatic carbocycles. The van der Waals surface area contributed by atoms with E-state index in [1.807, 2.05) is 0 Å². The van der Waals surface area contributed by atoms with Crippen LogP contribution in [0.25, 0.3) is 0 Å². The second-order valence-electron chi connectivity index (χ2n) is 5.17. The first-order chi connectivity index (χ1) is 11.7. The molecule has 0 atom stereocenters. The van der Waals surface area contributed by atoms with E-state index in [2.05, 4.69) is 10.1 Å². The normalized spacial score (nSPS) is 16.4. The van der Waals surface area contributed by atoms with Gasteiger partial charge in [0.1, 0.15) is 11.6 Å². The van der Waals surface area contributed by atoms with Crippen molar-refractivity contribution in [3.63, 3.8) is 0 Å². The molecule has 25 heavy (non-hydrogen) atoms. The molecule has 0 spiro atoms. The van der Waals surface area contributed by atoms with E-state index in [0.29, 0.717) is 30.8 Å². The van der Waals surface area contributed by atoms with Crippen LogP contribution in [-0.4, -0.2) is 23.6 Å². The van der Waals surface area contributed by atoms with Crippen molar-refractivity contribution in [1.82, 2.24) is 5.32 Å². The van der Waals surface area contributed by atoms with Crippen molar-refractivity contribution < 1.29 is 27.6 Å². The maximum absolute atomic E-state index is 12.4. The Morgan fingerprint density at radius 3 is 2.60 bits per heavy atom. The summed E-state index contributed by atoms with van der Waals surface area (Å²) in [4.78, 5) is 22.3. The quantitative estimate of drug-likeness (QED) is 0.292. The fraction of sp³-hybridized carbons (Fsp3) is 0.333. The number of carbonyl (C=O) groups is 1. The smallest absolute Gasteiger partial charge is 0.398 e. The number of Topliss-reactive ketones (excluding diaryl/α,β-unsaturated/α-hetero) is 1. The summed E-state index contributed by atoms with van der Waals surface area (Å²) in [5, 5.41) is 23.1. The van der Waals surface area contributed by atoms with Crippen LogP contribution in [0.5, 0.6) is 5.75 Å². The number of nitrogens with one attached hydrogen (secondary N) is 1. The van der Waals surface area contributed by atoms with E-state index >= 15 is 0 Å². The Morgan fingerprint density at radius 2 is 2.08 bits per heavy atom. The molecule has 0 radical (unpaired) electrons. The van der Waals surface area contributed by atoms with Crippen molar-refractivity contribution in [1.29, 1.82) is 5.26 Å². The Balaban J connectivity index is 2.42. The summed E-state index contributed by atoms with van der Waals surface area (Å²) in [6.45, 7) is 0.590. The first-order valence-electron chi connectivity index (χ1n) is 7.19. The summed E-state index contributed by atoms with van der Waals surface area (Å²) in [6.07, 6.45) is -2.97. The molecule has 1 saturated heterocycles. The highest BCUT2D eigenvalue weighted by molar-refractivity contribution is 6.12. The molecule has 7 nitrogen and oxygen atoms in total. The third-order valence-electron chi connectivity index (χ3n) is 3.48. The average molecular weight is 355 g/mol. The number of hydrogen-bond acceptors (Lipinski definition) is 6. The number of piperidine rings is 1. The van der Waals surface area contributed by atoms with E-state index in [-0.39, 0.29) is 11.1 Å². The number of nitrogens with zero attached hydrogens (tertiary/aromatic N) is 2. The van der Waals surface area contributed by atoms with E-state index < -0.39 is 28.5 Å². The molecule has 1 fully saturated rings. The molecule has 0 aliphatic carbocycles. The molecular formula is C15H12F3N3O4. The molecule has 2 rings (SSSR count). The first kappa shape index (κ1) is 18.3. The Bertz CT molecular complexity index is 773. The molecule has 132 valence electrons. The van der Waals surface area contributed by atoms with Crippen LogP contribution in [0.3, 0.4) is 0 Å². The standard InChI is InChI=1S/C15H12F3N3O4/c16-15(17,18)25-13-5-4-9(7-12(13)21(23)24)14(22)10(8-19)11-3-1-2-6-20-11/h4-5,7,20H,1-3,6H2. The van der Waals surface area contributed by atoms with Gasteiger partial charge in [0.2, 0.25) is 11.5 Å². The van der Waals surface area contributed by atoms with E-state index in [1.54, 1.807) is 6.07 Å². The lowest BCUT2D eigenvalue weighted by atomic mass is 9.98. The molecule has 10 heteroatoms. The van der Waals surface area contributed by atoms with Crippen LogP contribution in [0, 0.1) is 21.4 Å². The largest absolute Gasteiger partial charge is 0.573 e. The van der Waals surface area contributed by atoms with E-state index in [9.17, 15) is 33.3 Å². The number of rotatable bonds is 4. The number of nitro benzene ring substituents is 1. The van der Waals surface area contributed by atoms with E-state index in [4.69, 9.17) is 0 Å². The summed E-state index contributed by atoms with van der Waals surface area (Å²) in [6, 6.07) is 4.07. The van der Waals surface area contributed by atoms with Gasteiger partial charge in [-0.3, -0.25) is 14.9 Å². The van der Waals surface area contributed by atoms with Gasteiger partial charge in [0, 0.05) is 23.9 Å². The Morgan fingerprint density at radius 1 is 1.36 bits per heavy atom. The average Bonchev–Trinajstić information content (AvgIpc) is 2.55. The van der Waals surface area contributed by atoms with E-state index in [0.717, 1.165) is 18.9 Å². The number of carbonyl (C=O) groups excluding carboxylic acids is 1. The Labute approximate surface area is 139 Å². The molecule has 0 amide bonds. The van der Waals surface area contributed by atoms with Crippen molar-refractivity contribution in [3.8, 4) is 11.8 Å². The van der Waals surface area contributed by atoms with Crippen molar-refractivity contribution in [3.05, 3.63) is 45.1 Å². The fourth-order valence-corrected chi connectivity index (χ4v) is 2.38. The third-order valence-corrected chi connectivity index (χ3v) is 3.48. The molecule has 1 N–H and O–H groups in total. The summed E-state index contributed by atoms with van der Waals surface area (Å²) >= 11 is 0. The van der Waals surface area contributed by atoms with E-state index in [1.165, 1.54) is 0 Å². The van der Waals surface area contributed by atoms with Crippen LogP contribution in [0.1, 0.15) is 29.6 Å². The minimum atomic E-state index is -5.11. The highest BCUT2D eigenvalue weighted by Crippen LogP contribution is 2.33. The Kier molecular flexibility index (Phi) is 5.26. The van der Waals surface area contributed by atoms with Crippen LogP contribution in [-0.2, 0) is 0 Å². The van der Waals surface area contributed by atoms with Gasteiger partial charge in [0.25, 0.3) is 0 Å². The fourth-order valence-electron chi connectivity index (χ4n) is 2.38. The lowest BCUT2D eigenvalue weighted by Crippen LogP contribution is -2.23. The second kappa shape index (κ2) is 7.21. The topological polar surface area (TPSA) is 105 Å². The van der Waals surface area contributed by atoms with Gasteiger partial charge in [-0.1, -0.05) is 0 Å². The summed E-state index contributed by atoms with van der Waals surface area (Å²) in [7, 11) is 0. The zero-order valence-electron chi connectivity index (χ0n) is 12.7. The molecule has 0 aromatic heterocycles. The SMILES string of the molecule is N#CC(C(=O)c1ccc(OC(F)(F)F)c([N+](=O)[O-])c1)=C1CCCCN1. The van der Waals surface area contributed by atoms with Crippen molar-refractivity contribution in [2.75, 3.05) is 6.54 Å². The maximum atomic E-state index is 12.4. The van der Waals surface area contributed by atoms with Gasteiger partial charge in [-0.2, -0.15) is 5.26 Å². The molecule has 0 bridgehead atoms. The molecule has 0 unspecified atom stereocenters. The minimum absolute atomic E-state index is 0.210. The summed E-state index contributed by atoms with van der Waals surface area (Å²) < 4.78 is 40.5. The van der Waals surface area contributed by atoms with Crippen LogP contribution < -0.4 is 10.1 Å². The monoisotopic (exact) mass is 355 g/mol. The number of nitro groups is 1. The zero-order chi connectivity index (χ0) is 18.6. The lowest BCUT2D eigenvalue weighted by Gasteiger charge is -2.18. The van der Waals surface area contributed by atoms with Gasteiger partial charge in [-0.05, 0) is 31.4 Å². The lowest BCUT2D eigenvalue weighted by molar-refractivity contribution is -0.388. The number of allylic oxidation sites excluding steroid dienone is 2. The van der Waals surface area contributed by atoms with Gasteiger partial charge < -0.3 is 10.1 Å². The predicted molar refractivity (Wildman–Crippen MR) is 78.6 cm³/mol. The zero-order valence-corrected chi connectivity index (χ0v) is 12.7. The second-order valence-corrected chi connectivity index (χ2v) is 5.17. The molecule has 1 heterocycles. The molecule has 1 aliphatic rings. The number of hydrogen-bond donors (Lipinski definition) is 1. The van der Waals surface area contributed by atoms with Gasteiger partial charge in [0.05, 0.1) is 4.92 Å². The number of alkyl halides is 3. The number of benzene rings is 1.